The summed E-state index contributed by atoms with van der Waals surface area (Å²) < 4.78 is 5.50. The number of carbonyl (C=O) groups excluding carboxylic acids is 1. The number of nitrogens with one attached hydrogen (secondary N) is 1. The number of ether oxygens (including phenoxy) is 1. The van der Waals surface area contributed by atoms with Crippen molar-refractivity contribution in [1.82, 2.24) is 4.90 Å². The monoisotopic (exact) mass is 338 g/mol. The van der Waals surface area contributed by atoms with Gasteiger partial charge in [-0.3, -0.25) is 4.79 Å². The van der Waals surface area contributed by atoms with E-state index in [1.54, 1.807) is 7.11 Å². The molecule has 1 aliphatic rings. The average molecular weight is 338 g/mol. The van der Waals surface area contributed by atoms with Crippen LogP contribution >= 0.6 is 0 Å². The van der Waals surface area contributed by atoms with E-state index in [9.17, 15) is 4.79 Å². The van der Waals surface area contributed by atoms with Crippen LogP contribution in [0.3, 0.4) is 0 Å². The second kappa shape index (κ2) is 8.06. The fraction of sp³-hybridized carbons (Fsp3) is 0.381. The van der Waals surface area contributed by atoms with Crippen LogP contribution in [0.2, 0.25) is 0 Å². The van der Waals surface area contributed by atoms with Gasteiger partial charge in [-0.05, 0) is 43.5 Å². The Bertz CT molecular complexity index is 709. The van der Waals surface area contributed by atoms with Crippen LogP contribution in [-0.4, -0.2) is 37.0 Å². The molecule has 0 spiro atoms. The smallest absolute Gasteiger partial charge is 0.244 e. The molecule has 1 fully saturated rings. The standard InChI is InChI=1S/C21H26N2O2/c1-16(21(24)23-12-6-7-13-23)22-19-10-11-20(25-2)18(15-19)14-17-8-4-3-5-9-17/h3-5,8-11,15-16,22H,6-7,12-14H2,1-2H3/t16-/m1/s1. The van der Waals surface area contributed by atoms with E-state index in [4.69, 9.17) is 4.74 Å². The van der Waals surface area contributed by atoms with Crippen LogP contribution in [0.4, 0.5) is 5.69 Å². The molecule has 132 valence electrons. The highest BCUT2D eigenvalue weighted by Crippen LogP contribution is 2.26. The molecule has 1 N–H and O–H groups in total. The SMILES string of the molecule is COc1ccc(N[C@H](C)C(=O)N2CCCC2)cc1Cc1ccccc1. The van der Waals surface area contributed by atoms with Crippen molar-refractivity contribution in [2.24, 2.45) is 0 Å². The van der Waals surface area contributed by atoms with Crippen LogP contribution in [-0.2, 0) is 11.2 Å². The van der Waals surface area contributed by atoms with Crippen LogP contribution in [0.1, 0.15) is 30.9 Å². The minimum absolute atomic E-state index is 0.179. The van der Waals surface area contributed by atoms with E-state index < -0.39 is 0 Å². The predicted molar refractivity (Wildman–Crippen MR) is 101 cm³/mol. The first kappa shape index (κ1) is 17.3. The van der Waals surface area contributed by atoms with Crippen LogP contribution in [0.5, 0.6) is 5.75 Å². The van der Waals surface area contributed by atoms with Crippen molar-refractivity contribution >= 4 is 11.6 Å². The lowest BCUT2D eigenvalue weighted by Gasteiger charge is -2.22. The van der Waals surface area contributed by atoms with Crippen molar-refractivity contribution in [2.75, 3.05) is 25.5 Å². The Balaban J connectivity index is 1.73. The summed E-state index contributed by atoms with van der Waals surface area (Å²) in [6.45, 7) is 3.70. The average Bonchev–Trinajstić information content (AvgIpc) is 3.17. The summed E-state index contributed by atoms with van der Waals surface area (Å²) in [4.78, 5) is 14.4. The second-order valence-electron chi connectivity index (χ2n) is 6.59. The molecule has 4 nitrogen and oxygen atoms in total. The highest BCUT2D eigenvalue weighted by Gasteiger charge is 2.23. The lowest BCUT2D eigenvalue weighted by atomic mass is 10.0. The summed E-state index contributed by atoms with van der Waals surface area (Å²) in [5.74, 6) is 1.05. The number of anilines is 1. The van der Waals surface area contributed by atoms with Crippen LogP contribution in [0, 0.1) is 0 Å². The molecular weight excluding hydrogens is 312 g/mol. The fourth-order valence-electron chi connectivity index (χ4n) is 3.35. The van der Waals surface area contributed by atoms with E-state index in [2.05, 4.69) is 23.5 Å². The second-order valence-corrected chi connectivity index (χ2v) is 6.59. The maximum atomic E-state index is 12.5. The third kappa shape index (κ3) is 4.32. The Morgan fingerprint density at radius 3 is 2.56 bits per heavy atom. The minimum Gasteiger partial charge on any atom is -0.496 e. The first-order valence-electron chi connectivity index (χ1n) is 8.93. The molecule has 0 saturated carbocycles. The Kier molecular flexibility index (Phi) is 5.59. The van der Waals surface area contributed by atoms with Gasteiger partial charge in [0, 0.05) is 30.8 Å². The number of likely N-dealkylation sites (tertiary alicyclic amines) is 1. The molecule has 0 aliphatic carbocycles. The Morgan fingerprint density at radius 1 is 1.16 bits per heavy atom. The highest BCUT2D eigenvalue weighted by atomic mass is 16.5. The Morgan fingerprint density at radius 2 is 1.88 bits per heavy atom. The van der Waals surface area contributed by atoms with Crippen LogP contribution in [0.15, 0.2) is 48.5 Å². The minimum atomic E-state index is -0.226. The van der Waals surface area contributed by atoms with Crippen molar-refractivity contribution in [3.05, 3.63) is 59.7 Å². The van der Waals surface area contributed by atoms with Crippen molar-refractivity contribution in [3.8, 4) is 5.75 Å². The lowest BCUT2D eigenvalue weighted by Crippen LogP contribution is -2.39. The fourth-order valence-corrected chi connectivity index (χ4v) is 3.35. The highest BCUT2D eigenvalue weighted by molar-refractivity contribution is 5.84. The van der Waals surface area contributed by atoms with Gasteiger partial charge < -0.3 is 15.0 Å². The summed E-state index contributed by atoms with van der Waals surface area (Å²) in [5.41, 5.74) is 3.30. The van der Waals surface area contributed by atoms with E-state index in [0.29, 0.717) is 0 Å². The number of benzene rings is 2. The first-order valence-corrected chi connectivity index (χ1v) is 8.93. The largest absolute Gasteiger partial charge is 0.496 e. The molecule has 0 aromatic heterocycles. The molecule has 1 heterocycles. The molecule has 2 aromatic rings. The van der Waals surface area contributed by atoms with Gasteiger partial charge >= 0.3 is 0 Å². The van der Waals surface area contributed by atoms with Gasteiger partial charge in [-0.2, -0.15) is 0 Å². The molecule has 1 amide bonds. The molecule has 25 heavy (non-hydrogen) atoms. The molecule has 1 aliphatic heterocycles. The van der Waals surface area contributed by atoms with Gasteiger partial charge in [-0.15, -0.1) is 0 Å². The number of hydrogen-bond donors (Lipinski definition) is 1. The zero-order chi connectivity index (χ0) is 17.6. The van der Waals surface area contributed by atoms with Gasteiger partial charge in [-0.25, -0.2) is 0 Å². The molecule has 0 bridgehead atoms. The number of methoxy groups -OCH3 is 1. The van der Waals surface area contributed by atoms with Gasteiger partial charge in [-0.1, -0.05) is 30.3 Å². The maximum absolute atomic E-state index is 12.5. The molecular formula is C21H26N2O2. The molecule has 0 radical (unpaired) electrons. The number of rotatable bonds is 6. The lowest BCUT2D eigenvalue weighted by molar-refractivity contribution is -0.130. The van der Waals surface area contributed by atoms with Crippen molar-refractivity contribution < 1.29 is 9.53 Å². The molecule has 1 atom stereocenters. The summed E-state index contributed by atoms with van der Waals surface area (Å²) >= 11 is 0. The van der Waals surface area contributed by atoms with Gasteiger partial charge in [0.1, 0.15) is 11.8 Å². The number of hydrogen-bond acceptors (Lipinski definition) is 3. The quantitative estimate of drug-likeness (QED) is 0.873. The summed E-state index contributed by atoms with van der Waals surface area (Å²) in [6, 6.07) is 16.1. The number of amides is 1. The molecule has 0 unspecified atom stereocenters. The van der Waals surface area contributed by atoms with Crippen molar-refractivity contribution in [1.29, 1.82) is 0 Å². The zero-order valence-corrected chi connectivity index (χ0v) is 15.0. The number of carbonyl (C=O) groups is 1. The molecule has 3 rings (SSSR count). The van der Waals surface area contributed by atoms with E-state index in [1.807, 2.05) is 42.2 Å². The summed E-state index contributed by atoms with van der Waals surface area (Å²) in [6.07, 6.45) is 3.03. The zero-order valence-electron chi connectivity index (χ0n) is 15.0. The van der Waals surface area contributed by atoms with Crippen LogP contribution in [0.25, 0.3) is 0 Å². The molecule has 1 saturated heterocycles. The topological polar surface area (TPSA) is 41.6 Å². The Hall–Kier alpha value is -2.49. The van der Waals surface area contributed by atoms with E-state index in [-0.39, 0.29) is 11.9 Å². The van der Waals surface area contributed by atoms with Crippen molar-refractivity contribution in [3.63, 3.8) is 0 Å². The third-order valence-corrected chi connectivity index (χ3v) is 4.69. The van der Waals surface area contributed by atoms with E-state index in [1.165, 1.54) is 5.56 Å². The van der Waals surface area contributed by atoms with Gasteiger partial charge in [0.15, 0.2) is 0 Å². The Labute approximate surface area is 149 Å². The van der Waals surface area contributed by atoms with E-state index in [0.717, 1.165) is 49.4 Å². The summed E-state index contributed by atoms with van der Waals surface area (Å²) in [5, 5.41) is 3.35. The normalized spacial score (nSPS) is 15.0. The first-order chi connectivity index (χ1) is 12.2. The molecule has 4 heteroatoms. The number of nitrogens with zero attached hydrogens (tertiary/aromatic N) is 1. The summed E-state index contributed by atoms with van der Waals surface area (Å²) in [7, 11) is 1.69. The van der Waals surface area contributed by atoms with Crippen LogP contribution < -0.4 is 10.1 Å². The van der Waals surface area contributed by atoms with Crippen molar-refractivity contribution in [2.45, 2.75) is 32.2 Å². The predicted octanol–water partition coefficient (Wildman–Crippen LogP) is 3.71. The third-order valence-electron chi connectivity index (χ3n) is 4.69. The van der Waals surface area contributed by atoms with Gasteiger partial charge in [0.05, 0.1) is 7.11 Å². The maximum Gasteiger partial charge on any atom is 0.244 e. The van der Waals surface area contributed by atoms with Gasteiger partial charge in [0.25, 0.3) is 0 Å². The van der Waals surface area contributed by atoms with E-state index >= 15 is 0 Å². The van der Waals surface area contributed by atoms with Gasteiger partial charge in [0.2, 0.25) is 5.91 Å². The molecule has 2 aromatic carbocycles.